The molecule has 1 heterocycles. The molecular weight excluding hydrogens is 386 g/mol. The lowest BCUT2D eigenvalue weighted by atomic mass is 10.1. The molecule has 1 aromatic heterocycles. The fraction of sp³-hybridized carbons (Fsp3) is 0.231. The molecular formula is C26H27N3O2. The van der Waals surface area contributed by atoms with Gasteiger partial charge < -0.3 is 14.6 Å². The molecule has 158 valence electrons. The predicted octanol–water partition coefficient (Wildman–Crippen LogP) is 5.52. The maximum atomic E-state index is 12.7. The number of hydrogen-bond donors (Lipinski definition) is 1. The molecule has 0 bridgehead atoms. The van der Waals surface area contributed by atoms with E-state index in [1.807, 2.05) is 26.0 Å². The molecule has 0 aliphatic heterocycles. The van der Waals surface area contributed by atoms with Gasteiger partial charge in [-0.25, -0.2) is 0 Å². The van der Waals surface area contributed by atoms with Crippen LogP contribution in [0.25, 0.3) is 11.8 Å². The Morgan fingerprint density at radius 1 is 1.16 bits per heavy atom. The van der Waals surface area contributed by atoms with Crippen molar-refractivity contribution in [3.8, 4) is 17.5 Å². The third kappa shape index (κ3) is 4.54. The van der Waals surface area contributed by atoms with Crippen molar-refractivity contribution in [1.29, 1.82) is 5.26 Å². The van der Waals surface area contributed by atoms with Crippen molar-refractivity contribution in [2.24, 2.45) is 0 Å². The molecule has 0 saturated heterocycles. The van der Waals surface area contributed by atoms with Crippen molar-refractivity contribution < 1.29 is 9.53 Å². The maximum absolute atomic E-state index is 12.7. The zero-order chi connectivity index (χ0) is 22.5. The van der Waals surface area contributed by atoms with Gasteiger partial charge >= 0.3 is 0 Å². The Morgan fingerprint density at radius 3 is 2.58 bits per heavy atom. The second-order valence-corrected chi connectivity index (χ2v) is 7.45. The summed E-state index contributed by atoms with van der Waals surface area (Å²) in [6.07, 6.45) is 2.57. The SMILES string of the molecule is CCc1cccc(C)c1-n1c(C)cc(C=C(C#N)C(=O)Nc2cccc(OC)c2)c1C. The van der Waals surface area contributed by atoms with Crippen LogP contribution in [0, 0.1) is 32.1 Å². The summed E-state index contributed by atoms with van der Waals surface area (Å²) < 4.78 is 7.39. The molecule has 5 nitrogen and oxygen atoms in total. The maximum Gasteiger partial charge on any atom is 0.266 e. The highest BCUT2D eigenvalue weighted by molar-refractivity contribution is 6.09. The Bertz CT molecular complexity index is 1200. The van der Waals surface area contributed by atoms with Crippen LogP contribution in [-0.2, 0) is 11.2 Å². The van der Waals surface area contributed by atoms with Gasteiger partial charge in [-0.2, -0.15) is 5.26 Å². The first kappa shape index (κ1) is 21.9. The Labute approximate surface area is 183 Å². The number of ether oxygens (including phenoxy) is 1. The highest BCUT2D eigenvalue weighted by atomic mass is 16.5. The van der Waals surface area contributed by atoms with Crippen molar-refractivity contribution in [3.05, 3.63) is 82.2 Å². The summed E-state index contributed by atoms with van der Waals surface area (Å²) in [7, 11) is 1.57. The summed E-state index contributed by atoms with van der Waals surface area (Å²) in [5.41, 5.74) is 7.12. The average molecular weight is 414 g/mol. The minimum absolute atomic E-state index is 0.0450. The molecule has 0 atom stereocenters. The van der Waals surface area contributed by atoms with E-state index in [9.17, 15) is 10.1 Å². The van der Waals surface area contributed by atoms with E-state index in [2.05, 4.69) is 41.9 Å². The lowest BCUT2D eigenvalue weighted by molar-refractivity contribution is -0.112. The number of aromatic nitrogens is 1. The Kier molecular flexibility index (Phi) is 6.61. The first-order valence-electron chi connectivity index (χ1n) is 10.2. The van der Waals surface area contributed by atoms with Gasteiger partial charge in [0.2, 0.25) is 0 Å². The van der Waals surface area contributed by atoms with Crippen LogP contribution in [-0.4, -0.2) is 17.6 Å². The summed E-state index contributed by atoms with van der Waals surface area (Å²) in [5.74, 6) is 0.180. The number of amides is 1. The van der Waals surface area contributed by atoms with Gasteiger partial charge in [-0.15, -0.1) is 0 Å². The number of benzene rings is 2. The van der Waals surface area contributed by atoms with E-state index < -0.39 is 5.91 Å². The van der Waals surface area contributed by atoms with Gasteiger partial charge in [-0.1, -0.05) is 31.2 Å². The molecule has 1 N–H and O–H groups in total. The van der Waals surface area contributed by atoms with Crippen LogP contribution in [0.2, 0.25) is 0 Å². The molecule has 0 fully saturated rings. The van der Waals surface area contributed by atoms with Crippen LogP contribution < -0.4 is 10.1 Å². The highest BCUT2D eigenvalue weighted by Gasteiger charge is 2.16. The van der Waals surface area contributed by atoms with Crippen LogP contribution in [0.5, 0.6) is 5.75 Å². The minimum Gasteiger partial charge on any atom is -0.497 e. The van der Waals surface area contributed by atoms with Crippen LogP contribution in [0.4, 0.5) is 5.69 Å². The largest absolute Gasteiger partial charge is 0.497 e. The Morgan fingerprint density at radius 2 is 1.90 bits per heavy atom. The lowest BCUT2D eigenvalue weighted by Crippen LogP contribution is -2.13. The Balaban J connectivity index is 1.98. The van der Waals surface area contributed by atoms with E-state index in [0.29, 0.717) is 11.4 Å². The topological polar surface area (TPSA) is 67.0 Å². The van der Waals surface area contributed by atoms with Crippen molar-refractivity contribution in [1.82, 2.24) is 4.57 Å². The van der Waals surface area contributed by atoms with Crippen LogP contribution >= 0.6 is 0 Å². The number of carbonyl (C=O) groups is 1. The first-order valence-corrected chi connectivity index (χ1v) is 10.2. The summed E-state index contributed by atoms with van der Waals surface area (Å²) in [6, 6.07) is 17.4. The number of nitriles is 1. The van der Waals surface area contributed by atoms with Gasteiger partial charge in [-0.05, 0) is 68.2 Å². The molecule has 0 saturated carbocycles. The van der Waals surface area contributed by atoms with E-state index in [-0.39, 0.29) is 5.57 Å². The van der Waals surface area contributed by atoms with E-state index >= 15 is 0 Å². The molecule has 0 unspecified atom stereocenters. The molecule has 3 aromatic rings. The highest BCUT2D eigenvalue weighted by Crippen LogP contribution is 2.28. The van der Waals surface area contributed by atoms with Gasteiger partial charge in [0.15, 0.2) is 0 Å². The van der Waals surface area contributed by atoms with Crippen LogP contribution in [0.15, 0.2) is 54.1 Å². The number of nitrogens with one attached hydrogen (secondary N) is 1. The number of carbonyl (C=O) groups excluding carboxylic acids is 1. The molecule has 2 aromatic carbocycles. The fourth-order valence-corrected chi connectivity index (χ4v) is 3.81. The summed E-state index contributed by atoms with van der Waals surface area (Å²) in [4.78, 5) is 12.7. The molecule has 5 heteroatoms. The fourth-order valence-electron chi connectivity index (χ4n) is 3.81. The molecule has 31 heavy (non-hydrogen) atoms. The predicted molar refractivity (Wildman–Crippen MR) is 125 cm³/mol. The standard InChI is InChI=1S/C26H27N3O2/c1-6-20-10-7-9-17(2)25(20)29-18(3)13-21(19(29)4)14-22(16-27)26(30)28-23-11-8-12-24(15-23)31-5/h7-15H,6H2,1-5H3,(H,28,30). The average Bonchev–Trinajstić information content (AvgIpc) is 3.04. The normalized spacial score (nSPS) is 11.2. The number of methoxy groups -OCH3 is 1. The zero-order valence-electron chi connectivity index (χ0n) is 18.6. The number of anilines is 1. The van der Waals surface area contributed by atoms with Crippen LogP contribution in [0.1, 0.15) is 35.0 Å². The van der Waals surface area contributed by atoms with Gasteiger partial charge in [0, 0.05) is 23.1 Å². The number of aryl methyl sites for hydroxylation is 3. The lowest BCUT2D eigenvalue weighted by Gasteiger charge is -2.17. The van der Waals surface area contributed by atoms with E-state index in [1.165, 1.54) is 16.8 Å². The quantitative estimate of drug-likeness (QED) is 0.427. The molecule has 3 rings (SSSR count). The summed E-state index contributed by atoms with van der Waals surface area (Å²) in [5, 5.41) is 12.4. The third-order valence-corrected chi connectivity index (χ3v) is 5.39. The third-order valence-electron chi connectivity index (χ3n) is 5.39. The number of para-hydroxylation sites is 1. The van der Waals surface area contributed by atoms with Gasteiger partial charge in [0.05, 0.1) is 12.8 Å². The Hall–Kier alpha value is -3.78. The van der Waals surface area contributed by atoms with Crippen molar-refractivity contribution in [2.75, 3.05) is 12.4 Å². The number of hydrogen-bond acceptors (Lipinski definition) is 3. The van der Waals surface area contributed by atoms with Crippen molar-refractivity contribution >= 4 is 17.7 Å². The number of nitrogens with zero attached hydrogens (tertiary/aromatic N) is 2. The van der Waals surface area contributed by atoms with Gasteiger partial charge in [0.25, 0.3) is 5.91 Å². The molecule has 1 amide bonds. The van der Waals surface area contributed by atoms with Gasteiger partial charge in [0.1, 0.15) is 17.4 Å². The second kappa shape index (κ2) is 9.36. The van der Waals surface area contributed by atoms with Crippen molar-refractivity contribution in [2.45, 2.75) is 34.1 Å². The molecule has 0 aliphatic rings. The summed E-state index contributed by atoms with van der Waals surface area (Å²) in [6.45, 7) is 8.30. The summed E-state index contributed by atoms with van der Waals surface area (Å²) >= 11 is 0. The molecule has 0 radical (unpaired) electrons. The first-order chi connectivity index (χ1) is 14.9. The van der Waals surface area contributed by atoms with E-state index in [4.69, 9.17) is 4.74 Å². The van der Waals surface area contributed by atoms with E-state index in [0.717, 1.165) is 23.4 Å². The molecule has 0 aliphatic carbocycles. The molecule has 0 spiro atoms. The van der Waals surface area contributed by atoms with E-state index in [1.54, 1.807) is 37.5 Å². The monoisotopic (exact) mass is 413 g/mol. The van der Waals surface area contributed by atoms with Crippen LogP contribution in [0.3, 0.4) is 0 Å². The number of rotatable bonds is 6. The van der Waals surface area contributed by atoms with Gasteiger partial charge in [-0.3, -0.25) is 4.79 Å². The van der Waals surface area contributed by atoms with Crippen molar-refractivity contribution in [3.63, 3.8) is 0 Å². The smallest absolute Gasteiger partial charge is 0.266 e. The zero-order valence-corrected chi connectivity index (χ0v) is 18.6. The second-order valence-electron chi connectivity index (χ2n) is 7.45. The minimum atomic E-state index is -0.453.